The Hall–Kier alpha value is -1.63. The summed E-state index contributed by atoms with van der Waals surface area (Å²) in [6, 6.07) is 4.60. The highest BCUT2D eigenvalue weighted by Gasteiger charge is 2.49. The minimum Gasteiger partial charge on any atom is -0.379 e. The van der Waals surface area contributed by atoms with Gasteiger partial charge in [-0.1, -0.05) is 6.07 Å². The molecule has 1 aromatic heterocycles. The van der Waals surface area contributed by atoms with E-state index in [4.69, 9.17) is 5.11 Å². The molecular weight excluding hydrogens is 249 g/mol. The van der Waals surface area contributed by atoms with Crippen molar-refractivity contribution < 1.29 is 23.1 Å². The average molecular weight is 262 g/mol. The summed E-state index contributed by atoms with van der Waals surface area (Å²) in [5, 5.41) is 11.1. The van der Waals surface area contributed by atoms with Crippen molar-refractivity contribution in [2.24, 2.45) is 0 Å². The number of aryl methyl sites for hydroxylation is 1. The molecule has 18 heavy (non-hydrogen) atoms. The Kier molecular flexibility index (Phi) is 3.95. The zero-order valence-electron chi connectivity index (χ0n) is 9.88. The quantitative estimate of drug-likeness (QED) is 0.866. The first-order valence-corrected chi connectivity index (χ1v) is 5.14. The van der Waals surface area contributed by atoms with E-state index in [0.29, 0.717) is 12.6 Å². The third-order valence-corrected chi connectivity index (χ3v) is 2.32. The third-order valence-electron chi connectivity index (χ3n) is 2.32. The van der Waals surface area contributed by atoms with E-state index < -0.39 is 24.2 Å². The summed E-state index contributed by atoms with van der Waals surface area (Å²) in [7, 11) is 0. The molecule has 0 fully saturated rings. The summed E-state index contributed by atoms with van der Waals surface area (Å²) in [5.41, 5.74) is -2.38. The molecular formula is C11H13F3N2O2. The van der Waals surface area contributed by atoms with Gasteiger partial charge in [0.05, 0.1) is 6.54 Å². The molecule has 100 valence electrons. The minimum atomic E-state index is -4.81. The molecule has 1 rings (SSSR count). The second-order valence-electron chi connectivity index (χ2n) is 4.12. The summed E-state index contributed by atoms with van der Waals surface area (Å²) < 4.78 is 37.0. The van der Waals surface area contributed by atoms with Crippen molar-refractivity contribution in [1.82, 2.24) is 10.3 Å². The fourth-order valence-corrected chi connectivity index (χ4v) is 1.11. The molecule has 1 atom stereocenters. The molecule has 2 N–H and O–H groups in total. The van der Waals surface area contributed by atoms with Gasteiger partial charge in [-0.2, -0.15) is 13.2 Å². The van der Waals surface area contributed by atoms with Crippen molar-refractivity contribution in [3.8, 4) is 0 Å². The number of nitrogens with zero attached hydrogens (tertiary/aromatic N) is 1. The molecule has 4 nitrogen and oxygen atoms in total. The van der Waals surface area contributed by atoms with Gasteiger partial charge in [0.25, 0.3) is 5.91 Å². The number of alkyl halides is 3. The number of halogens is 3. The first-order valence-electron chi connectivity index (χ1n) is 5.14. The van der Waals surface area contributed by atoms with E-state index >= 15 is 0 Å². The lowest BCUT2D eigenvalue weighted by molar-refractivity contribution is -0.249. The Balaban J connectivity index is 2.68. The van der Waals surface area contributed by atoms with E-state index in [2.05, 4.69) is 4.98 Å². The Morgan fingerprint density at radius 3 is 2.56 bits per heavy atom. The largest absolute Gasteiger partial charge is 0.418 e. The normalized spacial score (nSPS) is 15.0. The minimum absolute atomic E-state index is 0.00738. The van der Waals surface area contributed by atoms with Gasteiger partial charge >= 0.3 is 6.18 Å². The monoisotopic (exact) mass is 262 g/mol. The van der Waals surface area contributed by atoms with Crippen LogP contribution < -0.4 is 5.32 Å². The molecule has 1 heterocycles. The zero-order chi connectivity index (χ0) is 14.0. The number of pyridine rings is 1. The molecule has 0 saturated carbocycles. The number of carbonyl (C=O) groups is 1. The molecule has 1 amide bonds. The van der Waals surface area contributed by atoms with Gasteiger partial charge in [-0.3, -0.25) is 4.79 Å². The van der Waals surface area contributed by atoms with Crippen molar-refractivity contribution in [2.45, 2.75) is 25.6 Å². The van der Waals surface area contributed by atoms with Gasteiger partial charge in [0.1, 0.15) is 5.69 Å². The Labute approximate surface area is 102 Å². The number of carbonyl (C=O) groups excluding carboxylic acids is 1. The maximum Gasteiger partial charge on any atom is 0.418 e. The van der Waals surface area contributed by atoms with Crippen LogP contribution in [0.3, 0.4) is 0 Å². The second-order valence-corrected chi connectivity index (χ2v) is 4.12. The molecule has 0 aliphatic heterocycles. The highest BCUT2D eigenvalue weighted by molar-refractivity contribution is 5.92. The first-order chi connectivity index (χ1) is 8.13. The molecule has 0 aliphatic carbocycles. The molecule has 0 saturated heterocycles. The van der Waals surface area contributed by atoms with Gasteiger partial charge in [0.2, 0.25) is 0 Å². The van der Waals surface area contributed by atoms with Crippen LogP contribution >= 0.6 is 0 Å². The maximum atomic E-state index is 12.3. The standard InChI is InChI=1S/C11H13F3N2O2/c1-7-4-3-5-8(16-7)9(17)15-6-10(2,18)11(12,13)14/h3-5,18H,6H2,1-2H3,(H,15,17). The van der Waals surface area contributed by atoms with Gasteiger partial charge < -0.3 is 10.4 Å². The lowest BCUT2D eigenvalue weighted by Crippen LogP contribution is -2.51. The fraction of sp³-hybridized carbons (Fsp3) is 0.455. The zero-order valence-corrected chi connectivity index (χ0v) is 9.88. The smallest absolute Gasteiger partial charge is 0.379 e. The highest BCUT2D eigenvalue weighted by atomic mass is 19.4. The summed E-state index contributed by atoms with van der Waals surface area (Å²) in [5.74, 6) is -0.761. The van der Waals surface area contributed by atoms with E-state index in [1.165, 1.54) is 6.07 Å². The van der Waals surface area contributed by atoms with Crippen molar-refractivity contribution in [3.63, 3.8) is 0 Å². The molecule has 0 aromatic carbocycles. The van der Waals surface area contributed by atoms with Gasteiger partial charge in [-0.05, 0) is 26.0 Å². The van der Waals surface area contributed by atoms with E-state index in [1.54, 1.807) is 19.1 Å². The van der Waals surface area contributed by atoms with E-state index in [1.807, 2.05) is 5.32 Å². The van der Waals surface area contributed by atoms with Gasteiger partial charge in [0.15, 0.2) is 5.60 Å². The van der Waals surface area contributed by atoms with Crippen LogP contribution in [-0.2, 0) is 0 Å². The fourth-order valence-electron chi connectivity index (χ4n) is 1.11. The maximum absolute atomic E-state index is 12.3. The molecule has 0 bridgehead atoms. The predicted molar refractivity (Wildman–Crippen MR) is 58.0 cm³/mol. The lowest BCUT2D eigenvalue weighted by Gasteiger charge is -2.26. The number of rotatable bonds is 3. The van der Waals surface area contributed by atoms with E-state index in [9.17, 15) is 18.0 Å². The average Bonchev–Trinajstić information content (AvgIpc) is 2.24. The van der Waals surface area contributed by atoms with Crippen LogP contribution in [-0.4, -0.2) is 34.3 Å². The van der Waals surface area contributed by atoms with Crippen LogP contribution in [0.5, 0.6) is 0 Å². The lowest BCUT2D eigenvalue weighted by atomic mass is 10.1. The highest BCUT2D eigenvalue weighted by Crippen LogP contribution is 2.29. The second kappa shape index (κ2) is 4.93. The SMILES string of the molecule is Cc1cccc(C(=O)NCC(C)(O)C(F)(F)F)n1. The van der Waals surface area contributed by atoms with Crippen LogP contribution in [0.25, 0.3) is 0 Å². The van der Waals surface area contributed by atoms with Gasteiger partial charge in [0, 0.05) is 5.69 Å². The number of aromatic nitrogens is 1. The van der Waals surface area contributed by atoms with Crippen LogP contribution in [0.4, 0.5) is 13.2 Å². The number of hydrogen-bond acceptors (Lipinski definition) is 3. The van der Waals surface area contributed by atoms with Crippen LogP contribution in [0.2, 0.25) is 0 Å². The summed E-state index contributed by atoms with van der Waals surface area (Å²) in [6.45, 7) is 1.32. The molecule has 0 aliphatic rings. The van der Waals surface area contributed by atoms with E-state index in [-0.39, 0.29) is 5.69 Å². The first kappa shape index (κ1) is 14.4. The van der Waals surface area contributed by atoms with Crippen LogP contribution in [0, 0.1) is 6.92 Å². The molecule has 7 heteroatoms. The van der Waals surface area contributed by atoms with Crippen LogP contribution in [0.15, 0.2) is 18.2 Å². The molecule has 0 spiro atoms. The number of hydrogen-bond donors (Lipinski definition) is 2. The Morgan fingerprint density at radius 1 is 1.44 bits per heavy atom. The number of nitrogens with one attached hydrogen (secondary N) is 1. The summed E-state index contributed by atoms with van der Waals surface area (Å²) >= 11 is 0. The third kappa shape index (κ3) is 3.43. The van der Waals surface area contributed by atoms with Crippen LogP contribution in [0.1, 0.15) is 23.1 Å². The van der Waals surface area contributed by atoms with E-state index in [0.717, 1.165) is 0 Å². The number of aliphatic hydroxyl groups is 1. The van der Waals surface area contributed by atoms with Gasteiger partial charge in [-0.15, -0.1) is 0 Å². The van der Waals surface area contributed by atoms with Gasteiger partial charge in [-0.25, -0.2) is 4.98 Å². The van der Waals surface area contributed by atoms with Crippen molar-refractivity contribution >= 4 is 5.91 Å². The summed E-state index contributed by atoms with van der Waals surface area (Å²) in [6.07, 6.45) is -4.81. The Bertz CT molecular complexity index is 444. The number of amides is 1. The predicted octanol–water partition coefficient (Wildman–Crippen LogP) is 1.43. The van der Waals surface area contributed by atoms with Crippen molar-refractivity contribution in [2.75, 3.05) is 6.54 Å². The molecule has 0 radical (unpaired) electrons. The van der Waals surface area contributed by atoms with Crippen molar-refractivity contribution in [1.29, 1.82) is 0 Å². The summed E-state index contributed by atoms with van der Waals surface area (Å²) in [4.78, 5) is 15.4. The molecule has 1 unspecified atom stereocenters. The topological polar surface area (TPSA) is 62.2 Å². The Morgan fingerprint density at radius 2 is 2.06 bits per heavy atom. The molecule has 1 aromatic rings. The van der Waals surface area contributed by atoms with Crippen molar-refractivity contribution in [3.05, 3.63) is 29.6 Å².